The monoisotopic (exact) mass is 216 g/mol. The first-order valence-corrected chi connectivity index (χ1v) is 5.31. The smallest absolute Gasteiger partial charge is 0.124 e. The Kier molecular flexibility index (Phi) is 3.06. The molecule has 1 atom stereocenters. The van der Waals surface area contributed by atoms with Gasteiger partial charge in [0.05, 0.1) is 18.2 Å². The van der Waals surface area contributed by atoms with Crippen LogP contribution in [-0.2, 0) is 4.74 Å². The molecule has 3 nitrogen and oxygen atoms in total. The molecule has 1 unspecified atom stereocenters. The van der Waals surface area contributed by atoms with Crippen molar-refractivity contribution in [2.24, 2.45) is 0 Å². The summed E-state index contributed by atoms with van der Waals surface area (Å²) in [4.78, 5) is 7.13. The highest BCUT2D eigenvalue weighted by molar-refractivity contribution is 5.37. The average Bonchev–Trinajstić information content (AvgIpc) is 2.79. The number of nitrogens with zero attached hydrogens (tertiary/aromatic N) is 1. The Hall–Kier alpha value is -1.61. The summed E-state index contributed by atoms with van der Waals surface area (Å²) in [6.45, 7) is 4.23. The molecule has 1 N–H and O–H groups in total. The van der Waals surface area contributed by atoms with Crippen LogP contribution in [0.3, 0.4) is 0 Å². The zero-order valence-corrected chi connectivity index (χ0v) is 9.82. The van der Waals surface area contributed by atoms with Gasteiger partial charge in [-0.25, -0.2) is 4.98 Å². The Bertz CT molecular complexity index is 463. The highest BCUT2D eigenvalue weighted by Gasteiger charge is 2.17. The quantitative estimate of drug-likeness (QED) is 0.856. The van der Waals surface area contributed by atoms with Crippen LogP contribution in [0.15, 0.2) is 30.7 Å². The summed E-state index contributed by atoms with van der Waals surface area (Å²) in [6, 6.07) is 6.26. The molecular weight excluding hydrogens is 200 g/mol. The Morgan fingerprint density at radius 1 is 1.31 bits per heavy atom. The van der Waals surface area contributed by atoms with Crippen LogP contribution in [0.25, 0.3) is 0 Å². The van der Waals surface area contributed by atoms with E-state index < -0.39 is 0 Å². The molecule has 0 saturated heterocycles. The third-order valence-corrected chi connectivity index (χ3v) is 2.97. The molecule has 0 spiro atoms. The molecule has 16 heavy (non-hydrogen) atoms. The molecule has 0 fully saturated rings. The van der Waals surface area contributed by atoms with E-state index in [2.05, 4.69) is 42.0 Å². The zero-order chi connectivity index (χ0) is 11.5. The second kappa shape index (κ2) is 4.49. The van der Waals surface area contributed by atoms with Gasteiger partial charge >= 0.3 is 0 Å². The molecular formula is C13H16N2O. The fourth-order valence-corrected chi connectivity index (χ4v) is 1.89. The number of rotatable bonds is 3. The molecule has 0 aliphatic rings. The van der Waals surface area contributed by atoms with Gasteiger partial charge in [0, 0.05) is 7.11 Å². The summed E-state index contributed by atoms with van der Waals surface area (Å²) in [5.74, 6) is 0. The van der Waals surface area contributed by atoms with Crippen LogP contribution in [0.2, 0.25) is 0 Å². The number of hydrogen-bond donors (Lipinski definition) is 1. The Morgan fingerprint density at radius 3 is 2.75 bits per heavy atom. The van der Waals surface area contributed by atoms with Gasteiger partial charge in [0.2, 0.25) is 0 Å². The van der Waals surface area contributed by atoms with Gasteiger partial charge in [0.15, 0.2) is 0 Å². The topological polar surface area (TPSA) is 37.9 Å². The molecule has 1 aromatic heterocycles. The predicted octanol–water partition coefficient (Wildman–Crippen LogP) is 2.76. The number of aromatic nitrogens is 2. The van der Waals surface area contributed by atoms with E-state index in [9.17, 15) is 0 Å². The number of benzene rings is 1. The summed E-state index contributed by atoms with van der Waals surface area (Å²) in [5, 5.41) is 0. The molecule has 84 valence electrons. The minimum absolute atomic E-state index is 0.0672. The van der Waals surface area contributed by atoms with Crippen molar-refractivity contribution in [1.29, 1.82) is 0 Å². The van der Waals surface area contributed by atoms with E-state index in [0.717, 1.165) is 5.69 Å². The Labute approximate surface area is 95.5 Å². The summed E-state index contributed by atoms with van der Waals surface area (Å²) in [5.41, 5.74) is 4.71. The number of hydrogen-bond acceptors (Lipinski definition) is 2. The lowest BCUT2D eigenvalue weighted by Gasteiger charge is -2.17. The van der Waals surface area contributed by atoms with Gasteiger partial charge in [-0.3, -0.25) is 0 Å². The average molecular weight is 216 g/mol. The van der Waals surface area contributed by atoms with Gasteiger partial charge < -0.3 is 9.72 Å². The second-order valence-electron chi connectivity index (χ2n) is 3.91. The fourth-order valence-electron chi connectivity index (χ4n) is 1.89. The molecule has 2 aromatic rings. The number of H-pyrrole nitrogens is 1. The fraction of sp³-hybridized carbons (Fsp3) is 0.308. The molecule has 3 heteroatoms. The summed E-state index contributed by atoms with van der Waals surface area (Å²) in [6.07, 6.45) is 3.41. The second-order valence-corrected chi connectivity index (χ2v) is 3.91. The number of nitrogens with one attached hydrogen (secondary N) is 1. The van der Waals surface area contributed by atoms with Gasteiger partial charge in [-0.15, -0.1) is 0 Å². The van der Waals surface area contributed by atoms with E-state index in [1.165, 1.54) is 16.7 Å². The van der Waals surface area contributed by atoms with Crippen molar-refractivity contribution >= 4 is 0 Å². The standard InChI is InChI=1S/C13H16N2O/c1-9-5-4-6-11(10(9)2)13(16-3)12-7-14-8-15-12/h4-8,13H,1-3H3,(H,14,15). The molecule has 1 heterocycles. The van der Waals surface area contributed by atoms with Crippen LogP contribution in [0, 0.1) is 13.8 Å². The molecule has 0 aliphatic heterocycles. The summed E-state index contributed by atoms with van der Waals surface area (Å²) in [7, 11) is 1.72. The lowest BCUT2D eigenvalue weighted by Crippen LogP contribution is -2.06. The lowest BCUT2D eigenvalue weighted by atomic mass is 9.98. The van der Waals surface area contributed by atoms with E-state index in [0.29, 0.717) is 0 Å². The highest BCUT2D eigenvalue weighted by atomic mass is 16.5. The normalized spacial score (nSPS) is 12.7. The summed E-state index contributed by atoms with van der Waals surface area (Å²) >= 11 is 0. The van der Waals surface area contributed by atoms with Gasteiger partial charge in [0.25, 0.3) is 0 Å². The van der Waals surface area contributed by atoms with Crippen LogP contribution in [-0.4, -0.2) is 17.1 Å². The maximum atomic E-state index is 5.55. The van der Waals surface area contributed by atoms with E-state index in [4.69, 9.17) is 4.74 Å². The third-order valence-electron chi connectivity index (χ3n) is 2.97. The maximum absolute atomic E-state index is 5.55. The molecule has 0 saturated carbocycles. The van der Waals surface area contributed by atoms with Crippen LogP contribution in [0.5, 0.6) is 0 Å². The van der Waals surface area contributed by atoms with Gasteiger partial charge in [-0.2, -0.15) is 0 Å². The van der Waals surface area contributed by atoms with Crippen LogP contribution < -0.4 is 0 Å². The molecule has 2 rings (SSSR count). The highest BCUT2D eigenvalue weighted by Crippen LogP contribution is 2.27. The molecule has 1 aromatic carbocycles. The van der Waals surface area contributed by atoms with E-state index in [-0.39, 0.29) is 6.10 Å². The van der Waals surface area contributed by atoms with Crippen LogP contribution in [0.1, 0.15) is 28.5 Å². The van der Waals surface area contributed by atoms with Crippen LogP contribution in [0.4, 0.5) is 0 Å². The SMILES string of the molecule is COC(c1cnc[nH]1)c1cccc(C)c1C. The van der Waals surface area contributed by atoms with Crippen LogP contribution >= 0.6 is 0 Å². The van der Waals surface area contributed by atoms with E-state index in [1.807, 2.05) is 0 Å². The number of aromatic amines is 1. The zero-order valence-electron chi connectivity index (χ0n) is 9.82. The van der Waals surface area contributed by atoms with Crippen molar-refractivity contribution in [3.63, 3.8) is 0 Å². The number of ether oxygens (including phenoxy) is 1. The largest absolute Gasteiger partial charge is 0.370 e. The first-order chi connectivity index (χ1) is 7.74. The molecule has 0 amide bonds. The van der Waals surface area contributed by atoms with E-state index in [1.54, 1.807) is 19.6 Å². The van der Waals surface area contributed by atoms with Gasteiger partial charge in [-0.1, -0.05) is 18.2 Å². The number of aryl methyl sites for hydroxylation is 1. The first-order valence-electron chi connectivity index (χ1n) is 5.31. The minimum atomic E-state index is -0.0672. The Morgan fingerprint density at radius 2 is 2.12 bits per heavy atom. The van der Waals surface area contributed by atoms with Crippen molar-refractivity contribution in [3.05, 3.63) is 53.1 Å². The van der Waals surface area contributed by atoms with Crippen molar-refractivity contribution in [3.8, 4) is 0 Å². The van der Waals surface area contributed by atoms with Crippen molar-refractivity contribution in [2.75, 3.05) is 7.11 Å². The number of imidazole rings is 1. The predicted molar refractivity (Wildman–Crippen MR) is 63.4 cm³/mol. The third kappa shape index (κ3) is 1.86. The van der Waals surface area contributed by atoms with Gasteiger partial charge in [0.1, 0.15) is 6.10 Å². The molecule has 0 bridgehead atoms. The van der Waals surface area contributed by atoms with Crippen molar-refractivity contribution < 1.29 is 4.74 Å². The van der Waals surface area contributed by atoms with Crippen molar-refractivity contribution in [1.82, 2.24) is 9.97 Å². The van der Waals surface area contributed by atoms with Gasteiger partial charge in [-0.05, 0) is 30.5 Å². The number of methoxy groups -OCH3 is 1. The minimum Gasteiger partial charge on any atom is -0.370 e. The maximum Gasteiger partial charge on any atom is 0.124 e. The molecule has 0 aliphatic carbocycles. The molecule has 0 radical (unpaired) electrons. The lowest BCUT2D eigenvalue weighted by molar-refractivity contribution is 0.132. The summed E-state index contributed by atoms with van der Waals surface area (Å²) < 4.78 is 5.55. The first kappa shape index (κ1) is 10.9. The Balaban J connectivity index is 2.45. The van der Waals surface area contributed by atoms with E-state index >= 15 is 0 Å². The van der Waals surface area contributed by atoms with Crippen molar-refractivity contribution in [2.45, 2.75) is 20.0 Å².